The lowest BCUT2D eigenvalue weighted by Gasteiger charge is -2.60. The Morgan fingerprint density at radius 1 is 1.15 bits per heavy atom. The molecule has 1 aromatic heterocycles. The lowest BCUT2D eigenvalue weighted by atomic mass is 9.47. The van der Waals surface area contributed by atoms with Gasteiger partial charge in [-0.1, -0.05) is 26.8 Å². The Morgan fingerprint density at radius 2 is 1.97 bits per heavy atom. The summed E-state index contributed by atoms with van der Waals surface area (Å²) < 4.78 is 0. The Hall–Kier alpha value is -2.17. The van der Waals surface area contributed by atoms with E-state index in [-0.39, 0.29) is 22.6 Å². The first-order valence-electron chi connectivity index (χ1n) is 13.0. The number of amides is 2. The number of rotatable bonds is 4. The second-order valence-electron chi connectivity index (χ2n) is 11.6. The minimum atomic E-state index is 0.0834. The minimum absolute atomic E-state index is 0.0834. The summed E-state index contributed by atoms with van der Waals surface area (Å²) in [5.41, 5.74) is 2.17. The lowest BCUT2D eigenvalue weighted by Crippen LogP contribution is -2.59. The summed E-state index contributed by atoms with van der Waals surface area (Å²) in [6.07, 6.45) is 14.5. The van der Waals surface area contributed by atoms with Crippen LogP contribution in [0.15, 0.2) is 30.5 Å². The number of aryl methyl sites for hydroxylation is 1. The van der Waals surface area contributed by atoms with E-state index in [9.17, 15) is 9.59 Å². The highest BCUT2D eigenvalue weighted by Crippen LogP contribution is 2.65. The molecule has 33 heavy (non-hydrogen) atoms. The number of carbonyl (C=O) groups is 2. The molecule has 3 saturated carbocycles. The van der Waals surface area contributed by atoms with Gasteiger partial charge in [-0.3, -0.25) is 14.6 Å². The van der Waals surface area contributed by atoms with Gasteiger partial charge >= 0.3 is 0 Å². The Labute approximate surface area is 198 Å². The molecule has 1 aliphatic heterocycles. The first kappa shape index (κ1) is 22.6. The average molecular weight is 450 g/mol. The van der Waals surface area contributed by atoms with Crippen molar-refractivity contribution in [2.45, 2.75) is 78.2 Å². The van der Waals surface area contributed by atoms with E-state index in [1.165, 1.54) is 25.7 Å². The summed E-state index contributed by atoms with van der Waals surface area (Å²) in [7, 11) is 1.98. The quantitative estimate of drug-likeness (QED) is 0.685. The molecule has 0 bridgehead atoms. The molecule has 0 aromatic carbocycles. The zero-order valence-corrected chi connectivity index (χ0v) is 20.6. The van der Waals surface area contributed by atoms with E-state index in [2.05, 4.69) is 37.1 Å². The van der Waals surface area contributed by atoms with Crippen LogP contribution in [0.25, 0.3) is 0 Å². The fourth-order valence-electron chi connectivity index (χ4n) is 8.33. The molecule has 0 radical (unpaired) electrons. The zero-order chi connectivity index (χ0) is 23.4. The number of carbonyl (C=O) groups excluding carboxylic acids is 2. The van der Waals surface area contributed by atoms with Crippen molar-refractivity contribution in [2.24, 2.45) is 34.5 Å². The number of aromatic nitrogens is 1. The molecular weight excluding hydrogens is 410 g/mol. The number of nitrogens with one attached hydrogen (secondary N) is 1. The van der Waals surface area contributed by atoms with Crippen molar-refractivity contribution in [1.82, 2.24) is 9.88 Å². The molecule has 5 nitrogen and oxygen atoms in total. The van der Waals surface area contributed by atoms with Crippen LogP contribution in [0.4, 0.5) is 5.69 Å². The van der Waals surface area contributed by atoms with E-state index < -0.39 is 0 Å². The molecule has 5 heteroatoms. The molecule has 4 aliphatic rings. The second-order valence-corrected chi connectivity index (χ2v) is 11.6. The normalized spacial score (nSPS) is 39.6. The van der Waals surface area contributed by atoms with Crippen LogP contribution in [0.2, 0.25) is 0 Å². The third kappa shape index (κ3) is 3.63. The minimum Gasteiger partial charge on any atom is -0.338 e. The van der Waals surface area contributed by atoms with Gasteiger partial charge in [0.2, 0.25) is 11.8 Å². The van der Waals surface area contributed by atoms with E-state index in [0.29, 0.717) is 36.1 Å². The van der Waals surface area contributed by atoms with Gasteiger partial charge in [-0.15, -0.1) is 0 Å². The molecule has 1 aromatic rings. The number of anilines is 1. The lowest BCUT2D eigenvalue weighted by molar-refractivity contribution is -0.139. The number of nitrogens with zero attached hydrogens (tertiary/aromatic N) is 2. The predicted octanol–water partition coefficient (Wildman–Crippen LogP) is 5.23. The third-order valence-electron chi connectivity index (χ3n) is 10.2. The van der Waals surface area contributed by atoms with Crippen molar-refractivity contribution in [2.75, 3.05) is 12.4 Å². The fraction of sp³-hybridized carbons (Fsp3) is 0.679. The van der Waals surface area contributed by atoms with Gasteiger partial charge in [0.25, 0.3) is 0 Å². The Balaban J connectivity index is 1.29. The van der Waals surface area contributed by atoms with Gasteiger partial charge < -0.3 is 10.2 Å². The van der Waals surface area contributed by atoms with Gasteiger partial charge in [0.15, 0.2) is 0 Å². The Kier molecular flexibility index (Phi) is 5.65. The first-order valence-corrected chi connectivity index (χ1v) is 13.0. The van der Waals surface area contributed by atoms with E-state index in [1.807, 2.05) is 30.2 Å². The second kappa shape index (κ2) is 8.25. The number of pyridine rings is 1. The molecule has 1 N–H and O–H groups in total. The Morgan fingerprint density at radius 3 is 2.70 bits per heavy atom. The van der Waals surface area contributed by atoms with Crippen molar-refractivity contribution in [3.8, 4) is 0 Å². The average Bonchev–Trinajstić information content (AvgIpc) is 3.13. The highest BCUT2D eigenvalue weighted by atomic mass is 16.2. The van der Waals surface area contributed by atoms with Gasteiger partial charge in [-0.2, -0.15) is 0 Å². The standard InChI is InChI=1S/C28H39N3O2/c1-5-19-7-8-20(17-29-19)30-25(32)16-18-6-10-22-21-9-11-24-28(3,15-13-26(33)31(24)4)23(21)12-14-27(18,22)2/h7-8,13,15,17-18,21-24H,5-6,9-12,14,16H2,1-4H3,(H,30,32)/t18-,21?,22?,23?,24?,27-,28-/m1/s1. The molecule has 2 amide bonds. The molecule has 3 aliphatic carbocycles. The Bertz CT molecular complexity index is 956. The fourth-order valence-corrected chi connectivity index (χ4v) is 8.33. The molecule has 2 heterocycles. The summed E-state index contributed by atoms with van der Waals surface area (Å²) >= 11 is 0. The van der Waals surface area contributed by atoms with E-state index in [4.69, 9.17) is 0 Å². The molecule has 4 unspecified atom stereocenters. The van der Waals surface area contributed by atoms with Crippen molar-refractivity contribution >= 4 is 17.5 Å². The van der Waals surface area contributed by atoms with Gasteiger partial charge in [-0.05, 0) is 92.2 Å². The molecule has 5 rings (SSSR count). The van der Waals surface area contributed by atoms with Crippen LogP contribution in [0.5, 0.6) is 0 Å². The smallest absolute Gasteiger partial charge is 0.246 e. The summed E-state index contributed by atoms with van der Waals surface area (Å²) in [6.45, 7) is 6.95. The topological polar surface area (TPSA) is 62.3 Å². The van der Waals surface area contributed by atoms with Gasteiger partial charge in [0, 0.05) is 30.6 Å². The highest BCUT2D eigenvalue weighted by molar-refractivity contribution is 5.90. The highest BCUT2D eigenvalue weighted by Gasteiger charge is 2.60. The molecule has 3 fully saturated rings. The SMILES string of the molecule is CCc1ccc(NC(=O)C[C@H]2CCC3C4CCC5N(C)C(=O)C=C[C@]5(C)C4CC[C@@]32C)cn1. The number of fused-ring (bicyclic) bond motifs is 5. The van der Waals surface area contributed by atoms with Crippen molar-refractivity contribution in [3.05, 3.63) is 36.2 Å². The largest absolute Gasteiger partial charge is 0.338 e. The molecule has 7 atom stereocenters. The summed E-state index contributed by atoms with van der Waals surface area (Å²) in [5, 5.41) is 3.09. The maximum atomic E-state index is 12.9. The van der Waals surface area contributed by atoms with E-state index >= 15 is 0 Å². The third-order valence-corrected chi connectivity index (χ3v) is 10.2. The van der Waals surface area contributed by atoms with Crippen LogP contribution in [-0.4, -0.2) is 34.8 Å². The summed E-state index contributed by atoms with van der Waals surface area (Å²) in [5.74, 6) is 2.76. The monoisotopic (exact) mass is 449 g/mol. The van der Waals surface area contributed by atoms with Crippen molar-refractivity contribution in [1.29, 1.82) is 0 Å². The number of likely N-dealkylation sites (N-methyl/N-ethyl adjacent to an activating group) is 1. The first-order chi connectivity index (χ1) is 15.8. The summed E-state index contributed by atoms with van der Waals surface area (Å²) in [6, 6.07) is 4.29. The maximum absolute atomic E-state index is 12.9. The van der Waals surface area contributed by atoms with E-state index in [1.54, 1.807) is 6.20 Å². The van der Waals surface area contributed by atoms with Crippen LogP contribution in [0.1, 0.15) is 71.4 Å². The van der Waals surface area contributed by atoms with Crippen molar-refractivity contribution in [3.63, 3.8) is 0 Å². The van der Waals surface area contributed by atoms with Crippen molar-refractivity contribution < 1.29 is 9.59 Å². The van der Waals surface area contributed by atoms with E-state index in [0.717, 1.165) is 30.6 Å². The van der Waals surface area contributed by atoms with Gasteiger partial charge in [0.05, 0.1) is 11.9 Å². The van der Waals surface area contributed by atoms with Crippen LogP contribution in [-0.2, 0) is 16.0 Å². The van der Waals surface area contributed by atoms with Crippen LogP contribution >= 0.6 is 0 Å². The maximum Gasteiger partial charge on any atom is 0.246 e. The van der Waals surface area contributed by atoms with Gasteiger partial charge in [0.1, 0.15) is 0 Å². The van der Waals surface area contributed by atoms with Crippen LogP contribution < -0.4 is 5.32 Å². The van der Waals surface area contributed by atoms with Crippen LogP contribution in [0, 0.1) is 34.5 Å². The summed E-state index contributed by atoms with van der Waals surface area (Å²) in [4.78, 5) is 31.6. The molecule has 0 saturated heterocycles. The zero-order valence-electron chi connectivity index (χ0n) is 20.6. The molecule has 0 spiro atoms. The number of hydrogen-bond acceptors (Lipinski definition) is 3. The number of hydrogen-bond donors (Lipinski definition) is 1. The predicted molar refractivity (Wildman–Crippen MR) is 130 cm³/mol. The van der Waals surface area contributed by atoms with Gasteiger partial charge in [-0.25, -0.2) is 0 Å². The molecule has 178 valence electrons. The molecular formula is C28H39N3O2. The van der Waals surface area contributed by atoms with Crippen LogP contribution in [0.3, 0.4) is 0 Å².